The molecule has 0 aliphatic carbocycles. The fraction of sp³-hybridized carbons (Fsp3) is 0.263. The van der Waals surface area contributed by atoms with Gasteiger partial charge in [0.1, 0.15) is 6.04 Å². The van der Waals surface area contributed by atoms with Crippen LogP contribution in [0.2, 0.25) is 0 Å². The molecule has 0 bridgehead atoms. The van der Waals surface area contributed by atoms with E-state index in [0.717, 1.165) is 16.9 Å². The van der Waals surface area contributed by atoms with Crippen LogP contribution >= 0.6 is 0 Å². The topological polar surface area (TPSA) is 61.4 Å². The van der Waals surface area contributed by atoms with Crippen LogP contribution in [0.5, 0.6) is 0 Å². The first-order valence-corrected chi connectivity index (χ1v) is 7.89. The van der Waals surface area contributed by atoms with Crippen LogP contribution in [0.15, 0.2) is 54.6 Å². The zero-order chi connectivity index (χ0) is 17.5. The van der Waals surface area contributed by atoms with Crippen molar-refractivity contribution in [2.75, 3.05) is 17.7 Å². The standard InChI is InChI=1S/C19H23N3O2/c1-14(19(24)22(3)13-16-7-5-4-6-8-16)20-17-9-11-18(12-10-17)21-15(2)23/h4-12,14,20H,13H2,1-3H3,(H,21,23). The summed E-state index contributed by atoms with van der Waals surface area (Å²) in [5.74, 6) is -0.0911. The predicted octanol–water partition coefficient (Wildman–Crippen LogP) is 3.10. The zero-order valence-electron chi connectivity index (χ0n) is 14.2. The van der Waals surface area contributed by atoms with Gasteiger partial charge in [0, 0.05) is 31.9 Å². The first kappa shape index (κ1) is 17.5. The molecule has 0 saturated heterocycles. The number of carbonyl (C=O) groups excluding carboxylic acids is 2. The number of carbonyl (C=O) groups is 2. The number of hydrogen-bond donors (Lipinski definition) is 2. The summed E-state index contributed by atoms with van der Waals surface area (Å²) in [6, 6.07) is 16.8. The molecule has 1 unspecified atom stereocenters. The molecule has 2 aromatic carbocycles. The van der Waals surface area contributed by atoms with Crippen LogP contribution in [0.1, 0.15) is 19.4 Å². The van der Waals surface area contributed by atoms with E-state index in [2.05, 4.69) is 10.6 Å². The maximum absolute atomic E-state index is 12.5. The molecule has 0 saturated carbocycles. The smallest absolute Gasteiger partial charge is 0.244 e. The SMILES string of the molecule is CC(=O)Nc1ccc(NC(C)C(=O)N(C)Cc2ccccc2)cc1. The lowest BCUT2D eigenvalue weighted by molar-refractivity contribution is -0.130. The minimum absolute atomic E-state index is 0.0183. The molecule has 0 spiro atoms. The van der Waals surface area contributed by atoms with E-state index in [1.165, 1.54) is 6.92 Å². The highest BCUT2D eigenvalue weighted by Crippen LogP contribution is 2.15. The highest BCUT2D eigenvalue weighted by Gasteiger charge is 2.17. The highest BCUT2D eigenvalue weighted by atomic mass is 16.2. The number of amides is 2. The van der Waals surface area contributed by atoms with E-state index in [0.29, 0.717) is 6.54 Å². The lowest BCUT2D eigenvalue weighted by atomic mass is 10.2. The minimum atomic E-state index is -0.342. The molecule has 24 heavy (non-hydrogen) atoms. The first-order chi connectivity index (χ1) is 11.5. The number of nitrogens with zero attached hydrogens (tertiary/aromatic N) is 1. The first-order valence-electron chi connectivity index (χ1n) is 7.89. The van der Waals surface area contributed by atoms with Gasteiger partial charge in [0.05, 0.1) is 0 Å². The lowest BCUT2D eigenvalue weighted by Crippen LogP contribution is -2.38. The molecule has 0 heterocycles. The fourth-order valence-corrected chi connectivity index (χ4v) is 2.43. The molecule has 2 N–H and O–H groups in total. The van der Waals surface area contributed by atoms with Crippen molar-refractivity contribution in [1.82, 2.24) is 4.90 Å². The van der Waals surface area contributed by atoms with Gasteiger partial charge >= 0.3 is 0 Å². The third kappa shape index (κ3) is 5.12. The Labute approximate surface area is 142 Å². The van der Waals surface area contributed by atoms with Gasteiger partial charge in [-0.25, -0.2) is 0 Å². The molecule has 2 rings (SSSR count). The Morgan fingerprint density at radius 1 is 1.00 bits per heavy atom. The maximum atomic E-state index is 12.5. The predicted molar refractivity (Wildman–Crippen MR) is 96.7 cm³/mol. The van der Waals surface area contributed by atoms with Crippen molar-refractivity contribution >= 4 is 23.2 Å². The van der Waals surface area contributed by atoms with Gasteiger partial charge < -0.3 is 15.5 Å². The normalized spacial score (nSPS) is 11.5. The molecule has 5 nitrogen and oxygen atoms in total. The van der Waals surface area contributed by atoms with E-state index < -0.39 is 0 Å². The van der Waals surface area contributed by atoms with E-state index in [4.69, 9.17) is 0 Å². The van der Waals surface area contributed by atoms with Crippen LogP contribution in [-0.2, 0) is 16.1 Å². The van der Waals surface area contributed by atoms with E-state index in [-0.39, 0.29) is 17.9 Å². The molecule has 0 radical (unpaired) electrons. The third-order valence-electron chi connectivity index (χ3n) is 3.60. The Hall–Kier alpha value is -2.82. The average molecular weight is 325 g/mol. The van der Waals surface area contributed by atoms with Crippen LogP contribution < -0.4 is 10.6 Å². The van der Waals surface area contributed by atoms with Crippen LogP contribution in [0.4, 0.5) is 11.4 Å². The van der Waals surface area contributed by atoms with E-state index in [1.54, 1.807) is 24.1 Å². The number of hydrogen-bond acceptors (Lipinski definition) is 3. The van der Waals surface area contributed by atoms with Gasteiger partial charge in [0.2, 0.25) is 11.8 Å². The van der Waals surface area contributed by atoms with Gasteiger partial charge in [-0.3, -0.25) is 9.59 Å². The number of nitrogens with one attached hydrogen (secondary N) is 2. The quantitative estimate of drug-likeness (QED) is 0.858. The van der Waals surface area contributed by atoms with Gasteiger partial charge in [-0.1, -0.05) is 30.3 Å². The highest BCUT2D eigenvalue weighted by molar-refractivity contribution is 5.89. The van der Waals surface area contributed by atoms with Crippen molar-refractivity contribution in [3.8, 4) is 0 Å². The Morgan fingerprint density at radius 2 is 1.58 bits per heavy atom. The Morgan fingerprint density at radius 3 is 2.17 bits per heavy atom. The Kier molecular flexibility index (Phi) is 5.95. The number of anilines is 2. The Bertz CT molecular complexity index is 684. The summed E-state index contributed by atoms with van der Waals surface area (Å²) < 4.78 is 0. The van der Waals surface area contributed by atoms with Gasteiger partial charge in [-0.2, -0.15) is 0 Å². The average Bonchev–Trinajstić information content (AvgIpc) is 2.56. The molecular formula is C19H23N3O2. The van der Waals surface area contributed by atoms with Crippen molar-refractivity contribution in [3.63, 3.8) is 0 Å². The number of rotatable bonds is 6. The van der Waals surface area contributed by atoms with Gasteiger partial charge in [-0.15, -0.1) is 0 Å². The van der Waals surface area contributed by atoms with Crippen molar-refractivity contribution in [1.29, 1.82) is 0 Å². The van der Waals surface area contributed by atoms with Gasteiger partial charge in [0.15, 0.2) is 0 Å². The number of benzene rings is 2. The molecule has 1 atom stereocenters. The molecule has 2 amide bonds. The maximum Gasteiger partial charge on any atom is 0.244 e. The van der Waals surface area contributed by atoms with Crippen molar-refractivity contribution in [2.24, 2.45) is 0 Å². The largest absolute Gasteiger partial charge is 0.374 e. The van der Waals surface area contributed by atoms with Gasteiger partial charge in [0.25, 0.3) is 0 Å². The summed E-state index contributed by atoms with van der Waals surface area (Å²) >= 11 is 0. The van der Waals surface area contributed by atoms with Crippen molar-refractivity contribution in [2.45, 2.75) is 26.4 Å². The zero-order valence-corrected chi connectivity index (χ0v) is 14.2. The van der Waals surface area contributed by atoms with Gasteiger partial charge in [-0.05, 0) is 36.8 Å². The molecule has 0 aromatic heterocycles. The third-order valence-corrected chi connectivity index (χ3v) is 3.60. The molecular weight excluding hydrogens is 302 g/mol. The second-order valence-corrected chi connectivity index (χ2v) is 5.80. The van der Waals surface area contributed by atoms with Crippen LogP contribution in [0.25, 0.3) is 0 Å². The van der Waals surface area contributed by atoms with E-state index in [9.17, 15) is 9.59 Å². The second-order valence-electron chi connectivity index (χ2n) is 5.80. The molecule has 126 valence electrons. The van der Waals surface area contributed by atoms with Crippen molar-refractivity contribution in [3.05, 3.63) is 60.2 Å². The Balaban J connectivity index is 1.92. The van der Waals surface area contributed by atoms with E-state index >= 15 is 0 Å². The summed E-state index contributed by atoms with van der Waals surface area (Å²) in [4.78, 5) is 25.2. The summed E-state index contributed by atoms with van der Waals surface area (Å²) in [5.41, 5.74) is 2.66. The van der Waals surface area contributed by atoms with Crippen LogP contribution in [-0.4, -0.2) is 29.8 Å². The summed E-state index contributed by atoms with van der Waals surface area (Å²) in [6.45, 7) is 3.88. The summed E-state index contributed by atoms with van der Waals surface area (Å²) in [7, 11) is 1.80. The molecule has 0 aliphatic heterocycles. The summed E-state index contributed by atoms with van der Waals surface area (Å²) in [6.07, 6.45) is 0. The van der Waals surface area contributed by atoms with Crippen LogP contribution in [0.3, 0.4) is 0 Å². The van der Waals surface area contributed by atoms with E-state index in [1.807, 2.05) is 49.4 Å². The molecule has 2 aromatic rings. The molecule has 0 fully saturated rings. The number of likely N-dealkylation sites (N-methyl/N-ethyl adjacent to an activating group) is 1. The fourth-order valence-electron chi connectivity index (χ4n) is 2.43. The monoisotopic (exact) mass is 325 g/mol. The molecule has 0 aliphatic rings. The van der Waals surface area contributed by atoms with Crippen molar-refractivity contribution < 1.29 is 9.59 Å². The second kappa shape index (κ2) is 8.15. The summed E-state index contributed by atoms with van der Waals surface area (Å²) in [5, 5.41) is 5.90. The van der Waals surface area contributed by atoms with Crippen LogP contribution in [0, 0.1) is 0 Å². The minimum Gasteiger partial charge on any atom is -0.374 e. The lowest BCUT2D eigenvalue weighted by Gasteiger charge is -2.23. The molecule has 5 heteroatoms.